The number of hydrogen-bond acceptors (Lipinski definition) is 15. The van der Waals surface area contributed by atoms with Crippen LogP contribution in [0, 0.1) is 11.8 Å². The van der Waals surface area contributed by atoms with Gasteiger partial charge in [0.15, 0.2) is 12.2 Å². The molecule has 0 saturated heterocycles. The first-order valence-electron chi connectivity index (χ1n) is 35.0. The van der Waals surface area contributed by atoms with Crippen molar-refractivity contribution in [2.75, 3.05) is 39.6 Å². The zero-order chi connectivity index (χ0) is 63.6. The van der Waals surface area contributed by atoms with Gasteiger partial charge in [-0.15, -0.1) is 0 Å². The minimum Gasteiger partial charge on any atom is -0.462 e. The lowest BCUT2D eigenvalue weighted by Gasteiger charge is -2.21. The van der Waals surface area contributed by atoms with E-state index in [-0.39, 0.29) is 25.7 Å². The molecule has 19 heteroatoms. The number of carbonyl (C=O) groups is 4. The summed E-state index contributed by atoms with van der Waals surface area (Å²) in [6.45, 7) is 9.47. The smallest absolute Gasteiger partial charge is 0.462 e. The van der Waals surface area contributed by atoms with E-state index in [1.165, 1.54) is 148 Å². The summed E-state index contributed by atoms with van der Waals surface area (Å²) >= 11 is 0. The maximum Gasteiger partial charge on any atom is 0.472 e. The molecule has 0 aromatic heterocycles. The highest BCUT2D eigenvalue weighted by Gasteiger charge is 2.30. The SMILES string of the molecule is CCCCCCCCCCCCCCC(=O)OC[C@H](COP(=O)(O)OC[C@@H](O)COP(=O)(O)OC[C@@H](COC(=O)CCCCCCCCC(C)CC)OC(=O)CCCCCCCCCCCCC)OC(=O)CCCCCCCCCCCCC(C)C. The third kappa shape index (κ3) is 59.7. The van der Waals surface area contributed by atoms with Crippen LogP contribution in [-0.4, -0.2) is 96.7 Å². The second-order valence-electron chi connectivity index (χ2n) is 24.9. The van der Waals surface area contributed by atoms with E-state index in [9.17, 15) is 43.2 Å². The van der Waals surface area contributed by atoms with Crippen LogP contribution in [0.15, 0.2) is 0 Å². The zero-order valence-electron chi connectivity index (χ0n) is 55.6. The highest BCUT2D eigenvalue weighted by molar-refractivity contribution is 7.47. The lowest BCUT2D eigenvalue weighted by molar-refractivity contribution is -0.161. The Kier molecular flexibility index (Phi) is 58.0. The second-order valence-corrected chi connectivity index (χ2v) is 27.8. The first-order valence-corrected chi connectivity index (χ1v) is 38.0. The molecule has 0 rings (SSSR count). The van der Waals surface area contributed by atoms with Gasteiger partial charge in [-0.05, 0) is 37.5 Å². The largest absolute Gasteiger partial charge is 0.472 e. The number of rotatable bonds is 66. The normalized spacial score (nSPS) is 14.5. The molecule has 17 nitrogen and oxygen atoms in total. The van der Waals surface area contributed by atoms with Gasteiger partial charge in [0, 0.05) is 25.7 Å². The van der Waals surface area contributed by atoms with Gasteiger partial charge in [-0.3, -0.25) is 37.3 Å². The molecule has 0 amide bonds. The Morgan fingerprint density at radius 3 is 0.884 bits per heavy atom. The summed E-state index contributed by atoms with van der Waals surface area (Å²) in [6.07, 6.45) is 42.9. The van der Waals surface area contributed by atoms with Crippen molar-refractivity contribution in [3.05, 3.63) is 0 Å². The highest BCUT2D eigenvalue weighted by atomic mass is 31.2. The summed E-state index contributed by atoms with van der Waals surface area (Å²) in [5.41, 5.74) is 0. The number of esters is 4. The number of phosphoric acid groups is 2. The van der Waals surface area contributed by atoms with Crippen LogP contribution >= 0.6 is 15.6 Å². The summed E-state index contributed by atoms with van der Waals surface area (Å²) < 4.78 is 68.1. The van der Waals surface area contributed by atoms with Gasteiger partial charge in [0.2, 0.25) is 0 Å². The topological polar surface area (TPSA) is 237 Å². The first-order chi connectivity index (χ1) is 41.4. The molecule has 0 saturated carbocycles. The fraction of sp³-hybridized carbons (Fsp3) is 0.940. The van der Waals surface area contributed by atoms with E-state index in [1.54, 1.807) is 0 Å². The van der Waals surface area contributed by atoms with Crippen molar-refractivity contribution in [3.63, 3.8) is 0 Å². The lowest BCUT2D eigenvalue weighted by atomic mass is 10.00. The molecule has 0 aromatic carbocycles. The molecule has 0 aromatic rings. The number of carbonyl (C=O) groups excluding carboxylic acids is 4. The Morgan fingerprint density at radius 2 is 0.593 bits per heavy atom. The molecule has 0 spiro atoms. The fourth-order valence-electron chi connectivity index (χ4n) is 10.0. The van der Waals surface area contributed by atoms with Crippen LogP contribution in [0.25, 0.3) is 0 Å². The van der Waals surface area contributed by atoms with Gasteiger partial charge in [0.05, 0.1) is 26.4 Å². The molecule has 0 fully saturated rings. The Labute approximate surface area is 524 Å². The van der Waals surface area contributed by atoms with Gasteiger partial charge in [-0.2, -0.15) is 0 Å². The quantitative estimate of drug-likeness (QED) is 0.0222. The van der Waals surface area contributed by atoms with Crippen LogP contribution in [0.3, 0.4) is 0 Å². The summed E-state index contributed by atoms with van der Waals surface area (Å²) in [5.74, 6) is -0.645. The van der Waals surface area contributed by atoms with Crippen LogP contribution in [0.5, 0.6) is 0 Å². The number of aliphatic hydroxyl groups excluding tert-OH is 1. The van der Waals surface area contributed by atoms with E-state index in [4.69, 9.17) is 37.0 Å². The second kappa shape index (κ2) is 59.4. The standard InChI is InChI=1S/C67H130O17P2/c1-7-10-12-14-16-18-20-22-26-30-37-43-49-64(69)77-55-62(83-67(72)52-46-40-32-28-24-23-25-29-35-41-47-59(4)5)57-81-85(73,74)79-53-61(68)54-80-86(75,76)82-58-63(56-78-65(70)50-44-38-34-33-36-42-48-60(6)9-3)84-66(71)51-45-39-31-27-21-19-17-15-13-11-8-2/h59-63,68H,7-58H2,1-6H3,(H,73,74)(H,75,76)/t60?,61-,62-,63-/m1/s1. The van der Waals surface area contributed by atoms with E-state index in [2.05, 4.69) is 41.5 Å². The van der Waals surface area contributed by atoms with E-state index in [0.717, 1.165) is 108 Å². The lowest BCUT2D eigenvalue weighted by Crippen LogP contribution is -2.30. The molecule has 0 aliphatic rings. The molecule has 6 atom stereocenters. The highest BCUT2D eigenvalue weighted by Crippen LogP contribution is 2.45. The predicted molar refractivity (Wildman–Crippen MR) is 345 cm³/mol. The van der Waals surface area contributed by atoms with E-state index < -0.39 is 97.5 Å². The van der Waals surface area contributed by atoms with E-state index >= 15 is 0 Å². The van der Waals surface area contributed by atoms with Gasteiger partial charge in [-0.25, -0.2) is 9.13 Å². The van der Waals surface area contributed by atoms with Gasteiger partial charge in [0.1, 0.15) is 19.3 Å². The van der Waals surface area contributed by atoms with Crippen molar-refractivity contribution in [2.45, 2.75) is 355 Å². The molecule has 3 unspecified atom stereocenters. The number of ether oxygens (including phenoxy) is 4. The molecular weight excluding hydrogens is 1140 g/mol. The minimum atomic E-state index is -4.95. The number of unbranched alkanes of at least 4 members (excludes halogenated alkanes) is 35. The van der Waals surface area contributed by atoms with Crippen molar-refractivity contribution >= 4 is 39.5 Å². The van der Waals surface area contributed by atoms with Crippen molar-refractivity contribution < 1.29 is 80.2 Å². The number of aliphatic hydroxyl groups is 1. The van der Waals surface area contributed by atoms with Crippen molar-refractivity contribution in [1.82, 2.24) is 0 Å². The Balaban J connectivity index is 5.26. The molecule has 510 valence electrons. The average molecular weight is 1270 g/mol. The fourth-order valence-corrected chi connectivity index (χ4v) is 11.6. The molecule has 0 heterocycles. The monoisotopic (exact) mass is 1270 g/mol. The van der Waals surface area contributed by atoms with Crippen LogP contribution in [0.1, 0.15) is 337 Å². The molecule has 86 heavy (non-hydrogen) atoms. The average Bonchev–Trinajstić information content (AvgIpc) is 3.69. The van der Waals surface area contributed by atoms with Crippen molar-refractivity contribution in [1.29, 1.82) is 0 Å². The van der Waals surface area contributed by atoms with Gasteiger partial charge < -0.3 is 33.8 Å². The van der Waals surface area contributed by atoms with Gasteiger partial charge in [0.25, 0.3) is 0 Å². The van der Waals surface area contributed by atoms with Crippen LogP contribution in [-0.2, 0) is 65.4 Å². The predicted octanol–water partition coefficient (Wildman–Crippen LogP) is 18.8. The molecule has 0 aliphatic heterocycles. The molecule has 0 radical (unpaired) electrons. The zero-order valence-corrected chi connectivity index (χ0v) is 57.4. The van der Waals surface area contributed by atoms with Crippen LogP contribution < -0.4 is 0 Å². The molecule has 3 N–H and O–H groups in total. The summed E-state index contributed by atoms with van der Waals surface area (Å²) in [6, 6.07) is 0. The third-order valence-electron chi connectivity index (χ3n) is 15.8. The van der Waals surface area contributed by atoms with E-state index in [0.29, 0.717) is 25.7 Å². The van der Waals surface area contributed by atoms with Gasteiger partial charge >= 0.3 is 39.5 Å². The third-order valence-corrected chi connectivity index (χ3v) is 17.7. The van der Waals surface area contributed by atoms with Crippen LogP contribution in [0.4, 0.5) is 0 Å². The molecule has 0 bridgehead atoms. The Hall–Kier alpha value is -1.94. The van der Waals surface area contributed by atoms with E-state index in [1.807, 2.05) is 0 Å². The van der Waals surface area contributed by atoms with Crippen molar-refractivity contribution in [2.24, 2.45) is 11.8 Å². The number of hydrogen-bond donors (Lipinski definition) is 3. The summed E-state index contributed by atoms with van der Waals surface area (Å²) in [7, 11) is -9.89. The molecule has 0 aliphatic carbocycles. The number of phosphoric ester groups is 2. The maximum absolute atomic E-state index is 13.0. The minimum absolute atomic E-state index is 0.106. The Morgan fingerprint density at radius 1 is 0.337 bits per heavy atom. The summed E-state index contributed by atoms with van der Waals surface area (Å²) in [4.78, 5) is 72.4. The first kappa shape index (κ1) is 84.1. The Bertz CT molecular complexity index is 1690. The summed E-state index contributed by atoms with van der Waals surface area (Å²) in [5, 5.41) is 10.6. The maximum atomic E-state index is 13.0. The van der Waals surface area contributed by atoms with Crippen molar-refractivity contribution in [3.8, 4) is 0 Å². The molecular formula is C67H130O17P2. The van der Waals surface area contributed by atoms with Gasteiger partial charge in [-0.1, -0.05) is 286 Å². The van der Waals surface area contributed by atoms with Crippen LogP contribution in [0.2, 0.25) is 0 Å².